The molecular weight excluding hydrogens is 398 g/mol. The van der Waals surface area contributed by atoms with Gasteiger partial charge in [-0.1, -0.05) is 6.07 Å². The first-order valence-electron chi connectivity index (χ1n) is 9.68. The molecule has 0 bridgehead atoms. The Labute approximate surface area is 169 Å². The quantitative estimate of drug-likeness (QED) is 0.739. The van der Waals surface area contributed by atoms with Crippen LogP contribution in [0.2, 0.25) is 0 Å². The van der Waals surface area contributed by atoms with Crippen LogP contribution in [0, 0.1) is 0 Å². The van der Waals surface area contributed by atoms with Gasteiger partial charge in [0, 0.05) is 39.3 Å². The Morgan fingerprint density at radius 3 is 2.57 bits per heavy atom. The van der Waals surface area contributed by atoms with Gasteiger partial charge >= 0.3 is 0 Å². The van der Waals surface area contributed by atoms with Crippen LogP contribution in [0.1, 0.15) is 34.7 Å². The molecular formula is C19H25N3O4S2. The fourth-order valence-electron chi connectivity index (χ4n) is 3.75. The molecule has 2 aliphatic heterocycles. The molecule has 0 spiro atoms. The lowest BCUT2D eigenvalue weighted by Gasteiger charge is -2.21. The largest absolute Gasteiger partial charge is 0.447 e. The van der Waals surface area contributed by atoms with Crippen molar-refractivity contribution in [3.05, 3.63) is 40.3 Å². The average molecular weight is 424 g/mol. The molecule has 152 valence electrons. The summed E-state index contributed by atoms with van der Waals surface area (Å²) in [6, 6.07) is 7.07. The summed E-state index contributed by atoms with van der Waals surface area (Å²) in [6.45, 7) is 4.68. The van der Waals surface area contributed by atoms with Crippen molar-refractivity contribution in [2.24, 2.45) is 0 Å². The maximum absolute atomic E-state index is 12.6. The van der Waals surface area contributed by atoms with E-state index in [-0.39, 0.29) is 11.0 Å². The van der Waals surface area contributed by atoms with Gasteiger partial charge in [0.2, 0.25) is 5.09 Å². The molecule has 4 rings (SSSR count). The molecule has 0 unspecified atom stereocenters. The summed E-state index contributed by atoms with van der Waals surface area (Å²) in [5, 5.41) is 1.95. The van der Waals surface area contributed by atoms with E-state index in [0.717, 1.165) is 43.8 Å². The van der Waals surface area contributed by atoms with E-state index >= 15 is 0 Å². The highest BCUT2D eigenvalue weighted by Gasteiger charge is 2.30. The molecule has 2 fully saturated rings. The molecule has 2 saturated heterocycles. The first-order chi connectivity index (χ1) is 13.5. The summed E-state index contributed by atoms with van der Waals surface area (Å²) in [7, 11) is -3.51. The zero-order valence-electron chi connectivity index (χ0n) is 15.7. The Morgan fingerprint density at radius 2 is 1.82 bits per heavy atom. The third-order valence-corrected chi connectivity index (χ3v) is 7.91. The molecule has 7 nitrogen and oxygen atoms in total. The number of rotatable bonds is 5. The third-order valence-electron chi connectivity index (χ3n) is 5.28. The highest BCUT2D eigenvalue weighted by molar-refractivity contribution is 7.89. The van der Waals surface area contributed by atoms with Crippen molar-refractivity contribution in [1.82, 2.24) is 14.1 Å². The topological polar surface area (TPSA) is 74.1 Å². The summed E-state index contributed by atoms with van der Waals surface area (Å²) in [4.78, 5) is 17.4. The molecule has 0 saturated carbocycles. The number of sulfonamides is 1. The van der Waals surface area contributed by atoms with E-state index in [1.54, 1.807) is 12.1 Å². The Hall–Kier alpha value is -1.68. The summed E-state index contributed by atoms with van der Waals surface area (Å²) in [5.41, 5.74) is 0. The van der Waals surface area contributed by atoms with Crippen LogP contribution in [0.4, 0.5) is 0 Å². The molecule has 2 aliphatic rings. The predicted octanol–water partition coefficient (Wildman–Crippen LogP) is 2.47. The summed E-state index contributed by atoms with van der Waals surface area (Å²) < 4.78 is 32.4. The molecule has 9 heteroatoms. The summed E-state index contributed by atoms with van der Waals surface area (Å²) >= 11 is 1.47. The minimum Gasteiger partial charge on any atom is -0.447 e. The van der Waals surface area contributed by atoms with Gasteiger partial charge in [0.05, 0.1) is 11.4 Å². The number of carbonyl (C=O) groups excluding carboxylic acids is 1. The van der Waals surface area contributed by atoms with Crippen LogP contribution in [0.3, 0.4) is 0 Å². The fraction of sp³-hybridized carbons (Fsp3) is 0.526. The third kappa shape index (κ3) is 4.17. The standard InChI is InChI=1S/C19H25N3O4S2/c23-19(17-5-3-14-27-17)21-9-4-8-20(12-13-21)15-16-6-7-18(26-16)28(24,25)22-10-1-2-11-22/h3,5-7,14H,1-2,4,8-13,15H2. The van der Waals surface area contributed by atoms with Crippen LogP contribution in [0.25, 0.3) is 0 Å². The molecule has 2 aromatic rings. The molecule has 1 amide bonds. The lowest BCUT2D eigenvalue weighted by molar-refractivity contribution is 0.0765. The zero-order valence-corrected chi connectivity index (χ0v) is 17.4. The number of thiophene rings is 1. The molecule has 2 aromatic heterocycles. The summed E-state index contributed by atoms with van der Waals surface area (Å²) in [5.74, 6) is 0.740. The minimum atomic E-state index is -3.51. The molecule has 4 heterocycles. The van der Waals surface area contributed by atoms with Crippen LogP contribution in [0.5, 0.6) is 0 Å². The van der Waals surface area contributed by atoms with Crippen molar-refractivity contribution in [1.29, 1.82) is 0 Å². The van der Waals surface area contributed by atoms with E-state index < -0.39 is 10.0 Å². The number of amides is 1. The van der Waals surface area contributed by atoms with Crippen molar-refractivity contribution in [3.8, 4) is 0 Å². The van der Waals surface area contributed by atoms with Crippen LogP contribution in [-0.4, -0.2) is 67.7 Å². The number of nitrogens with zero attached hydrogens (tertiary/aromatic N) is 3. The van der Waals surface area contributed by atoms with Gasteiger partial charge in [-0.3, -0.25) is 9.69 Å². The number of hydrogen-bond donors (Lipinski definition) is 0. The number of carbonyl (C=O) groups is 1. The SMILES string of the molecule is O=C(c1cccs1)N1CCCN(Cc2ccc(S(=O)(=O)N3CCCC3)o2)CC1. The molecule has 0 aromatic carbocycles. The normalized spacial score (nSPS) is 19.8. The molecule has 0 N–H and O–H groups in total. The highest BCUT2D eigenvalue weighted by atomic mass is 32.2. The van der Waals surface area contributed by atoms with E-state index in [4.69, 9.17) is 4.42 Å². The Bertz CT molecular complexity index is 902. The van der Waals surface area contributed by atoms with Gasteiger partial charge in [-0.05, 0) is 42.8 Å². The highest BCUT2D eigenvalue weighted by Crippen LogP contribution is 2.23. The monoisotopic (exact) mass is 423 g/mol. The Kier molecular flexibility index (Phi) is 5.86. The van der Waals surface area contributed by atoms with Crippen molar-refractivity contribution < 1.29 is 17.6 Å². The molecule has 0 atom stereocenters. The molecule has 28 heavy (non-hydrogen) atoms. The van der Waals surface area contributed by atoms with Crippen LogP contribution in [-0.2, 0) is 16.6 Å². The van der Waals surface area contributed by atoms with E-state index in [9.17, 15) is 13.2 Å². The lowest BCUT2D eigenvalue weighted by atomic mass is 10.3. The molecule has 0 aliphatic carbocycles. The van der Waals surface area contributed by atoms with Crippen molar-refractivity contribution in [2.75, 3.05) is 39.3 Å². The van der Waals surface area contributed by atoms with E-state index in [1.165, 1.54) is 15.6 Å². The predicted molar refractivity (Wildman–Crippen MR) is 107 cm³/mol. The van der Waals surface area contributed by atoms with Crippen LogP contribution < -0.4 is 0 Å². The Balaban J connectivity index is 1.36. The van der Waals surface area contributed by atoms with Gasteiger partial charge in [-0.2, -0.15) is 4.31 Å². The van der Waals surface area contributed by atoms with E-state index in [2.05, 4.69) is 4.90 Å². The van der Waals surface area contributed by atoms with E-state index in [1.807, 2.05) is 22.4 Å². The zero-order chi connectivity index (χ0) is 19.6. The second kappa shape index (κ2) is 8.36. The Morgan fingerprint density at radius 1 is 1.00 bits per heavy atom. The second-order valence-electron chi connectivity index (χ2n) is 7.23. The fourth-order valence-corrected chi connectivity index (χ4v) is 5.88. The van der Waals surface area contributed by atoms with Crippen molar-refractivity contribution >= 4 is 27.3 Å². The smallest absolute Gasteiger partial charge is 0.276 e. The first-order valence-corrected chi connectivity index (χ1v) is 12.0. The average Bonchev–Trinajstić information content (AvgIpc) is 3.43. The minimum absolute atomic E-state index is 0.0359. The van der Waals surface area contributed by atoms with Crippen LogP contribution >= 0.6 is 11.3 Å². The maximum atomic E-state index is 12.6. The van der Waals surface area contributed by atoms with Crippen molar-refractivity contribution in [3.63, 3.8) is 0 Å². The van der Waals surface area contributed by atoms with E-state index in [0.29, 0.717) is 31.9 Å². The van der Waals surface area contributed by atoms with Gasteiger partial charge in [0.25, 0.3) is 15.9 Å². The van der Waals surface area contributed by atoms with Crippen molar-refractivity contribution in [2.45, 2.75) is 30.9 Å². The van der Waals surface area contributed by atoms with Gasteiger partial charge in [0.15, 0.2) is 0 Å². The van der Waals surface area contributed by atoms with Crippen LogP contribution in [0.15, 0.2) is 39.2 Å². The van der Waals surface area contributed by atoms with Gasteiger partial charge < -0.3 is 9.32 Å². The number of furan rings is 1. The molecule has 0 radical (unpaired) electrons. The van der Waals surface area contributed by atoms with Gasteiger partial charge in [-0.15, -0.1) is 11.3 Å². The number of hydrogen-bond acceptors (Lipinski definition) is 6. The lowest BCUT2D eigenvalue weighted by Crippen LogP contribution is -2.34. The first kappa shape index (κ1) is 19.6. The second-order valence-corrected chi connectivity index (χ2v) is 10.0. The summed E-state index contributed by atoms with van der Waals surface area (Å²) in [6.07, 6.45) is 2.69. The maximum Gasteiger partial charge on any atom is 0.276 e. The van der Waals surface area contributed by atoms with Gasteiger partial charge in [-0.25, -0.2) is 8.42 Å². The van der Waals surface area contributed by atoms with Gasteiger partial charge in [0.1, 0.15) is 5.76 Å².